The first-order valence-corrected chi connectivity index (χ1v) is 10.0. The first kappa shape index (κ1) is 20.8. The summed E-state index contributed by atoms with van der Waals surface area (Å²) < 4.78 is 7.63. The molecule has 6 nitrogen and oxygen atoms in total. The summed E-state index contributed by atoms with van der Waals surface area (Å²) in [6.07, 6.45) is 1.36. The summed E-state index contributed by atoms with van der Waals surface area (Å²) in [4.78, 5) is 37.0. The highest BCUT2D eigenvalue weighted by Crippen LogP contribution is 2.38. The molecule has 1 saturated carbocycles. The van der Waals surface area contributed by atoms with Crippen LogP contribution in [0.1, 0.15) is 71.8 Å². The van der Waals surface area contributed by atoms with Crippen molar-refractivity contribution in [1.82, 2.24) is 4.57 Å². The summed E-state index contributed by atoms with van der Waals surface area (Å²) in [6, 6.07) is 8.91. The van der Waals surface area contributed by atoms with Crippen LogP contribution in [0.5, 0.6) is 0 Å². The van der Waals surface area contributed by atoms with Crippen molar-refractivity contribution in [3.8, 4) is 0 Å². The van der Waals surface area contributed by atoms with Gasteiger partial charge in [-0.1, -0.05) is 13.8 Å². The van der Waals surface area contributed by atoms with Gasteiger partial charge in [0.2, 0.25) is 11.7 Å². The smallest absolute Gasteiger partial charge is 0.340 e. The van der Waals surface area contributed by atoms with E-state index in [1.54, 1.807) is 31.2 Å². The molecule has 1 N–H and O–H groups in total. The van der Waals surface area contributed by atoms with E-state index in [0.29, 0.717) is 22.9 Å². The second-order valence-corrected chi connectivity index (χ2v) is 8.02. The molecule has 0 unspecified atom stereocenters. The van der Waals surface area contributed by atoms with E-state index in [0.717, 1.165) is 24.2 Å². The number of rotatable bonds is 7. The second-order valence-electron chi connectivity index (χ2n) is 8.02. The number of ether oxygens (including phenoxy) is 1. The Balaban J connectivity index is 1.65. The number of Topliss-reactive ketones (excluding diaryl/α,β-unsaturated/α-hetero) is 1. The van der Waals surface area contributed by atoms with Crippen LogP contribution >= 0.6 is 0 Å². The van der Waals surface area contributed by atoms with E-state index in [2.05, 4.69) is 9.88 Å². The molecule has 1 aliphatic carbocycles. The van der Waals surface area contributed by atoms with Crippen LogP contribution in [0, 0.1) is 19.8 Å². The van der Waals surface area contributed by atoms with Gasteiger partial charge in [0, 0.05) is 34.6 Å². The predicted molar refractivity (Wildman–Crippen MR) is 111 cm³/mol. The molecule has 1 atom stereocenters. The van der Waals surface area contributed by atoms with Crippen molar-refractivity contribution in [2.45, 2.75) is 59.6 Å². The summed E-state index contributed by atoms with van der Waals surface area (Å²) in [5, 5.41) is 2.78. The molecule has 1 aromatic heterocycles. The first-order chi connectivity index (χ1) is 13.7. The maximum absolute atomic E-state index is 12.7. The molecule has 6 heteroatoms. The lowest BCUT2D eigenvalue weighted by Gasteiger charge is -2.13. The number of carbonyl (C=O) groups is 3. The van der Waals surface area contributed by atoms with Crippen LogP contribution in [0.2, 0.25) is 0 Å². The fourth-order valence-electron chi connectivity index (χ4n) is 3.40. The third-order valence-corrected chi connectivity index (χ3v) is 5.23. The van der Waals surface area contributed by atoms with Crippen LogP contribution in [0.15, 0.2) is 30.3 Å². The zero-order valence-corrected chi connectivity index (χ0v) is 17.6. The van der Waals surface area contributed by atoms with Gasteiger partial charge in [-0.15, -0.1) is 0 Å². The largest absolute Gasteiger partial charge is 0.451 e. The lowest BCUT2D eigenvalue weighted by molar-refractivity contribution is -0.118. The van der Waals surface area contributed by atoms with Crippen LogP contribution in [0.4, 0.5) is 5.69 Å². The molecule has 1 amide bonds. The van der Waals surface area contributed by atoms with Gasteiger partial charge in [-0.3, -0.25) is 9.59 Å². The molecule has 0 bridgehead atoms. The summed E-state index contributed by atoms with van der Waals surface area (Å²) in [7, 11) is 0. The third kappa shape index (κ3) is 4.58. The van der Waals surface area contributed by atoms with Gasteiger partial charge in [0.15, 0.2) is 6.10 Å². The highest BCUT2D eigenvalue weighted by Gasteiger charge is 2.29. The molecule has 0 aliphatic heterocycles. The number of esters is 1. The van der Waals surface area contributed by atoms with E-state index >= 15 is 0 Å². The average molecular weight is 396 g/mol. The standard InChI is InChI=1S/C23H28N2O4/c1-13(2)22(27)24-18-8-6-17(7-9-18)21(26)16(5)29-23(28)20-12-14(3)25(15(20)4)19-10-11-19/h6-9,12-13,16,19H,10-11H2,1-5H3,(H,24,27)/t16-/m0/s1. The summed E-state index contributed by atoms with van der Waals surface area (Å²) in [5.74, 6) is -0.976. The van der Waals surface area contributed by atoms with E-state index in [-0.39, 0.29) is 17.6 Å². The minimum Gasteiger partial charge on any atom is -0.451 e. The van der Waals surface area contributed by atoms with Gasteiger partial charge in [-0.25, -0.2) is 4.79 Å². The van der Waals surface area contributed by atoms with Crippen molar-refractivity contribution >= 4 is 23.3 Å². The maximum atomic E-state index is 12.7. The lowest BCUT2D eigenvalue weighted by atomic mass is 10.1. The topological polar surface area (TPSA) is 77.4 Å². The van der Waals surface area contributed by atoms with Gasteiger partial charge in [-0.2, -0.15) is 0 Å². The molecule has 0 spiro atoms. The molecule has 154 valence electrons. The zero-order valence-electron chi connectivity index (χ0n) is 17.6. The summed E-state index contributed by atoms with van der Waals surface area (Å²) in [5.41, 5.74) is 3.49. The molecule has 0 saturated heterocycles. The first-order valence-electron chi connectivity index (χ1n) is 10.0. The Morgan fingerprint density at radius 3 is 2.24 bits per heavy atom. The van der Waals surface area contributed by atoms with Crippen molar-refractivity contribution in [2.24, 2.45) is 5.92 Å². The summed E-state index contributed by atoms with van der Waals surface area (Å²) in [6.45, 7) is 9.10. The molecule has 29 heavy (non-hydrogen) atoms. The Labute approximate surface area is 171 Å². The monoisotopic (exact) mass is 396 g/mol. The third-order valence-electron chi connectivity index (χ3n) is 5.23. The van der Waals surface area contributed by atoms with Gasteiger partial charge < -0.3 is 14.6 Å². The number of aromatic nitrogens is 1. The SMILES string of the molecule is Cc1cc(C(=O)O[C@@H](C)C(=O)c2ccc(NC(=O)C(C)C)cc2)c(C)n1C1CC1. The maximum Gasteiger partial charge on any atom is 0.340 e. The Kier molecular flexibility index (Phi) is 5.91. The lowest BCUT2D eigenvalue weighted by Crippen LogP contribution is -2.24. The van der Waals surface area contributed by atoms with Crippen LogP contribution in [0.3, 0.4) is 0 Å². The molecule has 1 aromatic carbocycles. The van der Waals surface area contributed by atoms with Gasteiger partial charge in [0.25, 0.3) is 0 Å². The van der Waals surface area contributed by atoms with E-state index in [9.17, 15) is 14.4 Å². The Morgan fingerprint density at radius 2 is 1.69 bits per heavy atom. The van der Waals surface area contributed by atoms with Crippen molar-refractivity contribution < 1.29 is 19.1 Å². The summed E-state index contributed by atoms with van der Waals surface area (Å²) >= 11 is 0. The van der Waals surface area contributed by atoms with Crippen molar-refractivity contribution in [1.29, 1.82) is 0 Å². The van der Waals surface area contributed by atoms with Crippen molar-refractivity contribution in [3.05, 3.63) is 52.8 Å². The number of nitrogens with zero attached hydrogens (tertiary/aromatic N) is 1. The number of hydrogen-bond donors (Lipinski definition) is 1. The quantitative estimate of drug-likeness (QED) is 0.554. The van der Waals surface area contributed by atoms with Crippen LogP contribution < -0.4 is 5.32 Å². The number of ketones is 1. The molecule has 1 fully saturated rings. The predicted octanol–water partition coefficient (Wildman–Crippen LogP) is 4.46. The number of amides is 1. The molecule has 1 aliphatic rings. The number of benzene rings is 1. The number of hydrogen-bond acceptors (Lipinski definition) is 4. The van der Waals surface area contributed by atoms with Crippen LogP contribution in [-0.4, -0.2) is 28.3 Å². The van der Waals surface area contributed by atoms with Crippen molar-refractivity contribution in [3.63, 3.8) is 0 Å². The number of carbonyl (C=O) groups excluding carboxylic acids is 3. The minimum absolute atomic E-state index is 0.0878. The second kappa shape index (κ2) is 8.23. The molecule has 0 radical (unpaired) electrons. The molecule has 2 aromatic rings. The fourth-order valence-corrected chi connectivity index (χ4v) is 3.40. The Morgan fingerprint density at radius 1 is 1.07 bits per heavy atom. The van der Waals surface area contributed by atoms with Crippen LogP contribution in [0.25, 0.3) is 0 Å². The number of nitrogens with one attached hydrogen (secondary N) is 1. The van der Waals surface area contributed by atoms with Gasteiger partial charge in [0.1, 0.15) is 0 Å². The molecular formula is C23H28N2O4. The Bertz CT molecular complexity index is 937. The molecule has 1 heterocycles. The van der Waals surface area contributed by atoms with Gasteiger partial charge in [-0.05, 0) is 63.9 Å². The zero-order chi connectivity index (χ0) is 21.3. The van der Waals surface area contributed by atoms with Gasteiger partial charge >= 0.3 is 5.97 Å². The van der Waals surface area contributed by atoms with Gasteiger partial charge in [0.05, 0.1) is 5.56 Å². The Hall–Kier alpha value is -2.89. The highest BCUT2D eigenvalue weighted by atomic mass is 16.5. The van der Waals surface area contributed by atoms with E-state index in [4.69, 9.17) is 4.74 Å². The van der Waals surface area contributed by atoms with E-state index in [1.807, 2.05) is 33.8 Å². The normalized spacial score (nSPS) is 14.6. The van der Waals surface area contributed by atoms with E-state index in [1.165, 1.54) is 0 Å². The number of anilines is 1. The van der Waals surface area contributed by atoms with E-state index < -0.39 is 12.1 Å². The minimum atomic E-state index is -0.900. The number of aryl methyl sites for hydroxylation is 1. The highest BCUT2D eigenvalue weighted by molar-refractivity contribution is 6.02. The average Bonchev–Trinajstić information content (AvgIpc) is 3.46. The van der Waals surface area contributed by atoms with Crippen LogP contribution in [-0.2, 0) is 9.53 Å². The molecule has 3 rings (SSSR count). The van der Waals surface area contributed by atoms with Crippen molar-refractivity contribution in [2.75, 3.05) is 5.32 Å². The molecular weight excluding hydrogens is 368 g/mol. The fraction of sp³-hybridized carbons (Fsp3) is 0.435.